The fraction of sp³-hybridized carbons (Fsp3) is 0.381. The predicted octanol–water partition coefficient (Wildman–Crippen LogP) is 2.40. The maximum absolute atomic E-state index is 13.0. The zero-order chi connectivity index (χ0) is 20.1. The summed E-state index contributed by atoms with van der Waals surface area (Å²) < 4.78 is 5.27. The lowest BCUT2D eigenvalue weighted by Crippen LogP contribution is -2.54. The van der Waals surface area contributed by atoms with E-state index in [4.69, 9.17) is 4.74 Å². The van der Waals surface area contributed by atoms with E-state index in [9.17, 15) is 9.59 Å². The van der Waals surface area contributed by atoms with Gasteiger partial charge in [-0.1, -0.05) is 18.2 Å². The number of ether oxygens (including phenoxy) is 1. The molecule has 0 spiro atoms. The summed E-state index contributed by atoms with van der Waals surface area (Å²) in [6.07, 6.45) is 1.76. The number of anilines is 2. The summed E-state index contributed by atoms with van der Waals surface area (Å²) in [6, 6.07) is 12.9. The molecule has 0 unspecified atom stereocenters. The summed E-state index contributed by atoms with van der Waals surface area (Å²) >= 11 is 0. The third-order valence-electron chi connectivity index (χ3n) is 5.00. The van der Waals surface area contributed by atoms with Crippen LogP contribution < -0.4 is 15.0 Å². The summed E-state index contributed by atoms with van der Waals surface area (Å²) in [5, 5.41) is 2.82. The third-order valence-corrected chi connectivity index (χ3v) is 5.00. The topological polar surface area (TPSA) is 74.8 Å². The van der Waals surface area contributed by atoms with Crippen molar-refractivity contribution in [2.45, 2.75) is 13.8 Å². The molecule has 1 aliphatic heterocycles. The molecule has 1 fully saturated rings. The highest BCUT2D eigenvalue weighted by Gasteiger charge is 2.40. The average Bonchev–Trinajstić information content (AvgIpc) is 2.74. The van der Waals surface area contributed by atoms with Crippen molar-refractivity contribution in [1.29, 1.82) is 0 Å². The normalized spacial score (nSPS) is 14.5. The summed E-state index contributed by atoms with van der Waals surface area (Å²) in [5.74, 6) is 0.931. The standard InChI is InChI=1S/C21H26N4O3/c1-21(2,19(26)23-16-8-4-5-9-17(16)28-3)20(27)25-14-12-24(13-15-25)18-10-6-7-11-22-18/h4-11H,12-15H2,1-3H3,(H,23,26). The second-order valence-electron chi connectivity index (χ2n) is 7.25. The molecule has 2 amide bonds. The minimum atomic E-state index is -1.19. The largest absolute Gasteiger partial charge is 0.495 e. The Morgan fingerprint density at radius 3 is 2.36 bits per heavy atom. The first-order valence-electron chi connectivity index (χ1n) is 9.33. The highest BCUT2D eigenvalue weighted by atomic mass is 16.5. The molecule has 28 heavy (non-hydrogen) atoms. The Hall–Kier alpha value is -3.09. The molecule has 1 saturated heterocycles. The van der Waals surface area contributed by atoms with Crippen LogP contribution in [0.3, 0.4) is 0 Å². The van der Waals surface area contributed by atoms with Crippen molar-refractivity contribution in [1.82, 2.24) is 9.88 Å². The smallest absolute Gasteiger partial charge is 0.239 e. The highest BCUT2D eigenvalue weighted by molar-refractivity contribution is 6.10. The SMILES string of the molecule is COc1ccccc1NC(=O)C(C)(C)C(=O)N1CCN(c2ccccn2)CC1. The number of aromatic nitrogens is 1. The lowest BCUT2D eigenvalue weighted by molar-refractivity contribution is -0.146. The molecule has 0 bridgehead atoms. The van der Waals surface area contributed by atoms with Crippen LogP contribution >= 0.6 is 0 Å². The van der Waals surface area contributed by atoms with Crippen LogP contribution in [0.15, 0.2) is 48.7 Å². The number of pyridine rings is 1. The van der Waals surface area contributed by atoms with Gasteiger partial charge in [0.05, 0.1) is 12.8 Å². The van der Waals surface area contributed by atoms with Crippen molar-refractivity contribution >= 4 is 23.3 Å². The first-order valence-corrected chi connectivity index (χ1v) is 9.33. The lowest BCUT2D eigenvalue weighted by Gasteiger charge is -2.38. The van der Waals surface area contributed by atoms with Crippen LogP contribution in [0.5, 0.6) is 5.75 Å². The molecule has 0 radical (unpaired) electrons. The van der Waals surface area contributed by atoms with E-state index in [2.05, 4.69) is 15.2 Å². The minimum Gasteiger partial charge on any atom is -0.495 e. The number of piperazine rings is 1. The Balaban J connectivity index is 1.63. The second-order valence-corrected chi connectivity index (χ2v) is 7.25. The van der Waals surface area contributed by atoms with Gasteiger partial charge in [0, 0.05) is 32.4 Å². The Morgan fingerprint density at radius 1 is 1.04 bits per heavy atom. The molecule has 2 heterocycles. The van der Waals surface area contributed by atoms with Crippen molar-refractivity contribution in [3.63, 3.8) is 0 Å². The fourth-order valence-corrected chi connectivity index (χ4v) is 3.20. The molecule has 1 aliphatic rings. The maximum atomic E-state index is 13.0. The van der Waals surface area contributed by atoms with Gasteiger partial charge >= 0.3 is 0 Å². The molecular weight excluding hydrogens is 356 g/mol. The fourth-order valence-electron chi connectivity index (χ4n) is 3.20. The van der Waals surface area contributed by atoms with Crippen LogP contribution in [-0.2, 0) is 9.59 Å². The number of amides is 2. The first kappa shape index (κ1) is 19.7. The van der Waals surface area contributed by atoms with Gasteiger partial charge < -0.3 is 19.9 Å². The van der Waals surface area contributed by atoms with Crippen LogP contribution in [-0.4, -0.2) is 55.0 Å². The number of hydrogen-bond donors (Lipinski definition) is 1. The minimum absolute atomic E-state index is 0.180. The van der Waals surface area contributed by atoms with Crippen molar-refractivity contribution in [2.75, 3.05) is 43.5 Å². The molecule has 0 aliphatic carbocycles. The van der Waals surface area contributed by atoms with E-state index in [1.165, 1.54) is 0 Å². The number of benzene rings is 1. The number of rotatable bonds is 5. The molecule has 2 aromatic rings. The van der Waals surface area contributed by atoms with Gasteiger partial charge in [0.25, 0.3) is 0 Å². The van der Waals surface area contributed by atoms with Crippen LogP contribution in [0.2, 0.25) is 0 Å². The van der Waals surface area contributed by atoms with Gasteiger partial charge in [-0.15, -0.1) is 0 Å². The maximum Gasteiger partial charge on any atom is 0.239 e. The molecular formula is C21H26N4O3. The van der Waals surface area contributed by atoms with E-state index in [1.807, 2.05) is 30.3 Å². The number of nitrogens with one attached hydrogen (secondary N) is 1. The van der Waals surface area contributed by atoms with E-state index in [1.54, 1.807) is 44.2 Å². The second kappa shape index (κ2) is 8.29. The van der Waals surface area contributed by atoms with Gasteiger partial charge in [0.2, 0.25) is 11.8 Å². The average molecular weight is 382 g/mol. The van der Waals surface area contributed by atoms with E-state index >= 15 is 0 Å². The molecule has 0 atom stereocenters. The lowest BCUT2D eigenvalue weighted by atomic mass is 9.89. The van der Waals surface area contributed by atoms with Crippen LogP contribution in [0.4, 0.5) is 11.5 Å². The zero-order valence-electron chi connectivity index (χ0n) is 16.5. The van der Waals surface area contributed by atoms with Gasteiger partial charge in [-0.25, -0.2) is 4.98 Å². The number of methoxy groups -OCH3 is 1. The first-order chi connectivity index (χ1) is 13.4. The van der Waals surface area contributed by atoms with E-state index in [0.717, 1.165) is 5.82 Å². The van der Waals surface area contributed by atoms with Gasteiger partial charge in [0.1, 0.15) is 17.0 Å². The Kier molecular flexibility index (Phi) is 5.82. The Morgan fingerprint density at radius 2 is 1.71 bits per heavy atom. The number of para-hydroxylation sites is 2. The van der Waals surface area contributed by atoms with Crippen LogP contribution in [0.1, 0.15) is 13.8 Å². The summed E-state index contributed by atoms with van der Waals surface area (Å²) in [6.45, 7) is 5.80. The molecule has 148 valence electrons. The third kappa shape index (κ3) is 4.08. The van der Waals surface area contributed by atoms with Gasteiger partial charge in [-0.3, -0.25) is 9.59 Å². The predicted molar refractivity (Wildman–Crippen MR) is 108 cm³/mol. The van der Waals surface area contributed by atoms with Crippen LogP contribution in [0, 0.1) is 5.41 Å². The summed E-state index contributed by atoms with van der Waals surface area (Å²) in [5.41, 5.74) is -0.635. The van der Waals surface area contributed by atoms with Crippen molar-refractivity contribution < 1.29 is 14.3 Å². The highest BCUT2D eigenvalue weighted by Crippen LogP contribution is 2.28. The van der Waals surface area contributed by atoms with Crippen molar-refractivity contribution in [3.8, 4) is 5.75 Å². The quantitative estimate of drug-likeness (QED) is 0.804. The zero-order valence-corrected chi connectivity index (χ0v) is 16.5. The van der Waals surface area contributed by atoms with Gasteiger partial charge in [-0.05, 0) is 38.1 Å². The number of hydrogen-bond acceptors (Lipinski definition) is 5. The molecule has 0 saturated carbocycles. The summed E-state index contributed by atoms with van der Waals surface area (Å²) in [4.78, 5) is 34.1. The molecule has 1 N–H and O–H groups in total. The molecule has 1 aromatic carbocycles. The van der Waals surface area contributed by atoms with Crippen LogP contribution in [0.25, 0.3) is 0 Å². The number of carbonyl (C=O) groups excluding carboxylic acids is 2. The monoisotopic (exact) mass is 382 g/mol. The van der Waals surface area contributed by atoms with E-state index in [0.29, 0.717) is 37.6 Å². The molecule has 1 aromatic heterocycles. The van der Waals surface area contributed by atoms with E-state index in [-0.39, 0.29) is 11.8 Å². The molecule has 3 rings (SSSR count). The molecule has 7 nitrogen and oxygen atoms in total. The van der Waals surface area contributed by atoms with Gasteiger partial charge in [-0.2, -0.15) is 0 Å². The number of carbonyl (C=O) groups is 2. The van der Waals surface area contributed by atoms with E-state index < -0.39 is 5.41 Å². The van der Waals surface area contributed by atoms with Crippen molar-refractivity contribution in [2.24, 2.45) is 5.41 Å². The molecule has 7 heteroatoms. The Bertz CT molecular complexity index is 831. The summed E-state index contributed by atoms with van der Waals surface area (Å²) in [7, 11) is 1.54. The van der Waals surface area contributed by atoms with Crippen molar-refractivity contribution in [3.05, 3.63) is 48.7 Å². The number of nitrogens with zero attached hydrogens (tertiary/aromatic N) is 3. The Labute approximate surface area is 165 Å². The van der Waals surface area contributed by atoms with Gasteiger partial charge in [0.15, 0.2) is 0 Å².